The lowest BCUT2D eigenvalue weighted by Gasteiger charge is -2.19. The zero-order valence-corrected chi connectivity index (χ0v) is 12.0. The second-order valence-electron chi connectivity index (χ2n) is 4.89. The number of halogens is 1. The Bertz CT molecular complexity index is 368. The van der Waals surface area contributed by atoms with Gasteiger partial charge in [0, 0.05) is 16.4 Å². The van der Waals surface area contributed by atoms with E-state index in [0.717, 1.165) is 16.5 Å². The van der Waals surface area contributed by atoms with Crippen LogP contribution >= 0.6 is 15.9 Å². The normalized spacial score (nSPS) is 11.1. The molecular weight excluding hydrogens is 282 g/mol. The number of hydrogen-bond acceptors (Lipinski definition) is 2. The molecule has 0 spiro atoms. The monoisotopic (exact) mass is 299 g/mol. The molecule has 0 saturated carbocycles. The van der Waals surface area contributed by atoms with Crippen molar-refractivity contribution in [3.63, 3.8) is 0 Å². The first-order valence-corrected chi connectivity index (χ1v) is 6.35. The van der Waals surface area contributed by atoms with Gasteiger partial charge >= 0.3 is 6.09 Å². The molecule has 1 aromatic carbocycles. The van der Waals surface area contributed by atoms with Crippen LogP contribution in [-0.4, -0.2) is 18.2 Å². The van der Waals surface area contributed by atoms with Crippen LogP contribution in [0.3, 0.4) is 0 Å². The van der Waals surface area contributed by atoms with Gasteiger partial charge in [-0.2, -0.15) is 0 Å². The minimum absolute atomic E-state index is 0.255. The van der Waals surface area contributed by atoms with E-state index >= 15 is 0 Å². The Morgan fingerprint density at radius 1 is 1.29 bits per heavy atom. The average Bonchev–Trinajstić information content (AvgIpc) is 2.18. The van der Waals surface area contributed by atoms with Gasteiger partial charge < -0.3 is 10.1 Å². The van der Waals surface area contributed by atoms with Gasteiger partial charge in [0.1, 0.15) is 0 Å². The molecule has 94 valence electrons. The number of carbonyl (C=O) groups is 1. The molecule has 3 nitrogen and oxygen atoms in total. The zero-order chi connectivity index (χ0) is 12.9. The van der Waals surface area contributed by atoms with Crippen molar-refractivity contribution in [1.82, 2.24) is 5.32 Å². The first-order chi connectivity index (χ1) is 7.87. The molecule has 0 aliphatic rings. The second-order valence-corrected chi connectivity index (χ2v) is 5.80. The van der Waals surface area contributed by atoms with Crippen LogP contribution in [0, 0.1) is 0 Å². The topological polar surface area (TPSA) is 38.3 Å². The number of hydrogen-bond donors (Lipinski definition) is 1. The van der Waals surface area contributed by atoms with Crippen molar-refractivity contribution in [3.05, 3.63) is 34.3 Å². The van der Waals surface area contributed by atoms with Crippen molar-refractivity contribution in [2.75, 3.05) is 6.61 Å². The molecule has 0 saturated heterocycles. The van der Waals surface area contributed by atoms with E-state index < -0.39 is 0 Å². The van der Waals surface area contributed by atoms with Crippen molar-refractivity contribution in [1.29, 1.82) is 0 Å². The predicted molar refractivity (Wildman–Crippen MR) is 72.1 cm³/mol. The van der Waals surface area contributed by atoms with Crippen LogP contribution in [0.25, 0.3) is 0 Å². The summed E-state index contributed by atoms with van der Waals surface area (Å²) in [5.74, 6) is 0. The number of amides is 1. The molecule has 1 amide bonds. The van der Waals surface area contributed by atoms with Crippen molar-refractivity contribution >= 4 is 22.0 Å². The number of carbonyl (C=O) groups excluding carboxylic acids is 1. The first-order valence-electron chi connectivity index (χ1n) is 5.56. The fraction of sp³-hybridized carbons (Fsp3) is 0.462. The van der Waals surface area contributed by atoms with Crippen LogP contribution in [-0.2, 0) is 11.2 Å². The van der Waals surface area contributed by atoms with E-state index in [1.165, 1.54) is 0 Å². The number of alkyl carbamates (subject to hydrolysis) is 1. The Labute approximate surface area is 111 Å². The highest BCUT2D eigenvalue weighted by Gasteiger charge is 2.14. The highest BCUT2D eigenvalue weighted by atomic mass is 79.9. The van der Waals surface area contributed by atoms with Crippen LogP contribution in [0.4, 0.5) is 4.79 Å². The van der Waals surface area contributed by atoms with Gasteiger partial charge in [-0.05, 0) is 38.5 Å². The Morgan fingerprint density at radius 3 is 2.41 bits per heavy atom. The average molecular weight is 300 g/mol. The summed E-state index contributed by atoms with van der Waals surface area (Å²) in [6.45, 7) is 6.15. The number of benzene rings is 1. The lowest BCUT2D eigenvalue weighted by Crippen LogP contribution is -2.41. The Balaban J connectivity index is 2.28. The maximum absolute atomic E-state index is 11.4. The van der Waals surface area contributed by atoms with Crippen molar-refractivity contribution in [3.8, 4) is 0 Å². The molecule has 0 fully saturated rings. The maximum atomic E-state index is 11.4. The third-order valence-electron chi connectivity index (χ3n) is 2.01. The standard InChI is InChI=1S/C13H18BrNO2/c1-13(2,3)15-12(16)17-9-8-10-4-6-11(14)7-5-10/h4-7H,8-9H2,1-3H3,(H,15,16). The van der Waals surface area contributed by atoms with Gasteiger partial charge in [-0.1, -0.05) is 28.1 Å². The SMILES string of the molecule is CC(C)(C)NC(=O)OCCc1ccc(Br)cc1. The molecule has 0 radical (unpaired) electrons. The van der Waals surface area contributed by atoms with E-state index in [2.05, 4.69) is 21.2 Å². The fourth-order valence-corrected chi connectivity index (χ4v) is 1.52. The fourth-order valence-electron chi connectivity index (χ4n) is 1.25. The van der Waals surface area contributed by atoms with Crippen LogP contribution in [0.1, 0.15) is 26.3 Å². The van der Waals surface area contributed by atoms with E-state index in [4.69, 9.17) is 4.74 Å². The molecule has 0 aliphatic heterocycles. The summed E-state index contributed by atoms with van der Waals surface area (Å²) in [5.41, 5.74) is 0.895. The maximum Gasteiger partial charge on any atom is 0.407 e. The first kappa shape index (κ1) is 14.0. The van der Waals surface area contributed by atoms with E-state index in [-0.39, 0.29) is 11.6 Å². The Kier molecular flexibility index (Phi) is 5.00. The smallest absolute Gasteiger partial charge is 0.407 e. The summed E-state index contributed by atoms with van der Waals surface area (Å²) in [7, 11) is 0. The van der Waals surface area contributed by atoms with Crippen molar-refractivity contribution in [2.45, 2.75) is 32.7 Å². The second kappa shape index (κ2) is 6.05. The number of ether oxygens (including phenoxy) is 1. The third kappa shape index (κ3) is 6.31. The van der Waals surface area contributed by atoms with Gasteiger partial charge in [-0.15, -0.1) is 0 Å². The van der Waals surface area contributed by atoms with Crippen LogP contribution in [0.2, 0.25) is 0 Å². The quantitative estimate of drug-likeness (QED) is 0.927. The van der Waals surface area contributed by atoms with Gasteiger partial charge in [0.25, 0.3) is 0 Å². The van der Waals surface area contributed by atoms with Crippen LogP contribution in [0.15, 0.2) is 28.7 Å². The van der Waals surface area contributed by atoms with Gasteiger partial charge in [-0.25, -0.2) is 4.79 Å². The van der Waals surface area contributed by atoms with Gasteiger partial charge in [0.15, 0.2) is 0 Å². The molecule has 0 aromatic heterocycles. The molecule has 1 aromatic rings. The van der Waals surface area contributed by atoms with Gasteiger partial charge in [0.2, 0.25) is 0 Å². The summed E-state index contributed by atoms with van der Waals surface area (Å²) in [6, 6.07) is 7.97. The van der Waals surface area contributed by atoms with E-state index in [1.54, 1.807) is 0 Å². The predicted octanol–water partition coefficient (Wildman–Crippen LogP) is 3.52. The minimum Gasteiger partial charge on any atom is -0.449 e. The lowest BCUT2D eigenvalue weighted by molar-refractivity contribution is 0.139. The summed E-state index contributed by atoms with van der Waals surface area (Å²) < 4.78 is 6.14. The molecule has 1 N–H and O–H groups in total. The highest BCUT2D eigenvalue weighted by Crippen LogP contribution is 2.10. The Morgan fingerprint density at radius 2 is 1.88 bits per heavy atom. The summed E-state index contributed by atoms with van der Waals surface area (Å²) in [5, 5.41) is 2.75. The van der Waals surface area contributed by atoms with Gasteiger partial charge in [0.05, 0.1) is 6.61 Å². The van der Waals surface area contributed by atoms with Crippen molar-refractivity contribution in [2.24, 2.45) is 0 Å². The molecule has 4 heteroatoms. The van der Waals surface area contributed by atoms with E-state index in [9.17, 15) is 4.79 Å². The highest BCUT2D eigenvalue weighted by molar-refractivity contribution is 9.10. The third-order valence-corrected chi connectivity index (χ3v) is 2.54. The van der Waals surface area contributed by atoms with Crippen molar-refractivity contribution < 1.29 is 9.53 Å². The molecule has 1 rings (SSSR count). The molecule has 0 unspecified atom stereocenters. The summed E-state index contributed by atoms with van der Waals surface area (Å²) in [6.07, 6.45) is 0.361. The summed E-state index contributed by atoms with van der Waals surface area (Å²) in [4.78, 5) is 11.4. The molecule has 0 aliphatic carbocycles. The molecule has 0 atom stereocenters. The largest absolute Gasteiger partial charge is 0.449 e. The molecule has 0 heterocycles. The number of rotatable bonds is 3. The minimum atomic E-state index is -0.366. The lowest BCUT2D eigenvalue weighted by atomic mass is 10.1. The summed E-state index contributed by atoms with van der Waals surface area (Å²) >= 11 is 3.37. The molecule has 0 bridgehead atoms. The van der Waals surface area contributed by atoms with E-state index in [0.29, 0.717) is 6.61 Å². The van der Waals surface area contributed by atoms with Gasteiger partial charge in [-0.3, -0.25) is 0 Å². The van der Waals surface area contributed by atoms with Crippen LogP contribution < -0.4 is 5.32 Å². The molecule has 17 heavy (non-hydrogen) atoms. The Hall–Kier alpha value is -1.03. The number of nitrogens with one attached hydrogen (secondary N) is 1. The van der Waals surface area contributed by atoms with Crippen LogP contribution in [0.5, 0.6) is 0 Å². The van der Waals surface area contributed by atoms with E-state index in [1.807, 2.05) is 45.0 Å². The zero-order valence-electron chi connectivity index (χ0n) is 10.4. The molecular formula is C13H18BrNO2.